The van der Waals surface area contributed by atoms with E-state index < -0.39 is 23.7 Å². The normalized spacial score (nSPS) is 12.6. The third-order valence-corrected chi connectivity index (χ3v) is 4.87. The monoisotopic (exact) mass is 400 g/mol. The van der Waals surface area contributed by atoms with Crippen LogP contribution in [0.5, 0.6) is 0 Å². The highest BCUT2D eigenvalue weighted by Gasteiger charge is 2.37. The van der Waals surface area contributed by atoms with E-state index in [0.29, 0.717) is 11.4 Å². The molecule has 0 saturated heterocycles. The first-order valence-corrected chi connectivity index (χ1v) is 9.10. The molecule has 1 aliphatic heterocycles. The summed E-state index contributed by atoms with van der Waals surface area (Å²) in [4.78, 5) is 50.5. The molecule has 0 saturated carbocycles. The molecule has 3 amide bonds. The average molecular weight is 400 g/mol. The van der Waals surface area contributed by atoms with E-state index in [1.807, 2.05) is 19.1 Å². The lowest BCUT2D eigenvalue weighted by Crippen LogP contribution is -2.29. The first-order chi connectivity index (χ1) is 14.4. The summed E-state index contributed by atoms with van der Waals surface area (Å²) in [6, 6.07) is 17.2. The zero-order valence-electron chi connectivity index (χ0n) is 15.9. The van der Waals surface area contributed by atoms with E-state index in [1.165, 1.54) is 36.4 Å². The standard InChI is InChI=1S/C23H16N2O5/c1-13-5-2-3-8-19(13)25-21(27)17-10-9-14(12-18(17)22(25)28)20(26)24-16-7-4-6-15(11-16)23(29)30/h2-12H,1H3,(H,24,26)(H,29,30). The number of carbonyl (C=O) groups excluding carboxylic acids is 3. The molecule has 148 valence electrons. The Morgan fingerprint density at radius 3 is 2.30 bits per heavy atom. The minimum atomic E-state index is -1.11. The van der Waals surface area contributed by atoms with Crippen molar-refractivity contribution in [3.8, 4) is 0 Å². The van der Waals surface area contributed by atoms with Crippen LogP contribution in [-0.2, 0) is 0 Å². The summed E-state index contributed by atoms with van der Waals surface area (Å²) in [5.41, 5.74) is 2.19. The highest BCUT2D eigenvalue weighted by molar-refractivity contribution is 6.35. The van der Waals surface area contributed by atoms with E-state index in [2.05, 4.69) is 5.32 Å². The van der Waals surface area contributed by atoms with Gasteiger partial charge < -0.3 is 10.4 Å². The summed E-state index contributed by atoms with van der Waals surface area (Å²) in [5.74, 6) is -2.56. The molecule has 0 aliphatic carbocycles. The number of nitrogens with zero attached hydrogens (tertiary/aromatic N) is 1. The largest absolute Gasteiger partial charge is 0.478 e. The quantitative estimate of drug-likeness (QED) is 0.649. The van der Waals surface area contributed by atoms with Crippen molar-refractivity contribution >= 4 is 35.1 Å². The molecular formula is C23H16N2O5. The van der Waals surface area contributed by atoms with Crippen LogP contribution in [0.25, 0.3) is 0 Å². The van der Waals surface area contributed by atoms with Gasteiger partial charge in [-0.25, -0.2) is 9.69 Å². The zero-order valence-corrected chi connectivity index (χ0v) is 15.9. The molecule has 0 radical (unpaired) electrons. The number of anilines is 2. The maximum atomic E-state index is 12.9. The third-order valence-electron chi connectivity index (χ3n) is 4.87. The summed E-state index contributed by atoms with van der Waals surface area (Å²) in [6.07, 6.45) is 0. The highest BCUT2D eigenvalue weighted by Crippen LogP contribution is 2.31. The second kappa shape index (κ2) is 7.29. The van der Waals surface area contributed by atoms with Crippen LogP contribution in [0.3, 0.4) is 0 Å². The Morgan fingerprint density at radius 1 is 0.833 bits per heavy atom. The lowest BCUT2D eigenvalue weighted by Gasteiger charge is -2.16. The number of aryl methyl sites for hydroxylation is 1. The lowest BCUT2D eigenvalue weighted by atomic mass is 10.1. The van der Waals surface area contributed by atoms with Crippen molar-refractivity contribution in [3.63, 3.8) is 0 Å². The summed E-state index contributed by atoms with van der Waals surface area (Å²) in [5, 5.41) is 11.7. The summed E-state index contributed by atoms with van der Waals surface area (Å²) in [7, 11) is 0. The molecule has 7 heteroatoms. The third kappa shape index (κ3) is 3.22. The number of hydrogen-bond donors (Lipinski definition) is 2. The Bertz CT molecular complexity index is 1230. The van der Waals surface area contributed by atoms with Gasteiger partial charge in [0, 0.05) is 11.3 Å². The number of aromatic carboxylic acids is 1. The van der Waals surface area contributed by atoms with Crippen molar-refractivity contribution in [1.82, 2.24) is 0 Å². The van der Waals surface area contributed by atoms with E-state index in [4.69, 9.17) is 5.11 Å². The van der Waals surface area contributed by atoms with Gasteiger partial charge in [0.2, 0.25) is 0 Å². The molecule has 0 bridgehead atoms. The summed E-state index contributed by atoms with van der Waals surface area (Å²) >= 11 is 0. The van der Waals surface area contributed by atoms with Gasteiger partial charge in [-0.3, -0.25) is 14.4 Å². The topological polar surface area (TPSA) is 104 Å². The average Bonchev–Trinajstić information content (AvgIpc) is 2.98. The van der Waals surface area contributed by atoms with Gasteiger partial charge in [-0.1, -0.05) is 24.3 Å². The van der Waals surface area contributed by atoms with Gasteiger partial charge in [-0.05, 0) is 55.0 Å². The van der Waals surface area contributed by atoms with Gasteiger partial charge in [0.05, 0.1) is 22.4 Å². The Hall–Kier alpha value is -4.26. The maximum absolute atomic E-state index is 12.9. The number of carbonyl (C=O) groups is 4. The van der Waals surface area contributed by atoms with E-state index in [0.717, 1.165) is 10.5 Å². The molecule has 2 N–H and O–H groups in total. The van der Waals surface area contributed by atoms with Crippen LogP contribution in [0, 0.1) is 6.92 Å². The second-order valence-electron chi connectivity index (χ2n) is 6.83. The number of amides is 3. The van der Waals surface area contributed by atoms with Crippen molar-refractivity contribution in [2.75, 3.05) is 10.2 Å². The number of fused-ring (bicyclic) bond motifs is 1. The fourth-order valence-electron chi connectivity index (χ4n) is 3.35. The van der Waals surface area contributed by atoms with E-state index in [-0.39, 0.29) is 22.3 Å². The molecule has 30 heavy (non-hydrogen) atoms. The number of nitrogens with one attached hydrogen (secondary N) is 1. The van der Waals surface area contributed by atoms with E-state index in [1.54, 1.807) is 18.2 Å². The number of carboxylic acids is 1. The number of hydrogen-bond acceptors (Lipinski definition) is 4. The lowest BCUT2D eigenvalue weighted by molar-refractivity contribution is 0.0696. The highest BCUT2D eigenvalue weighted by atomic mass is 16.4. The Labute approximate surface area is 171 Å². The van der Waals surface area contributed by atoms with Crippen LogP contribution >= 0.6 is 0 Å². The van der Waals surface area contributed by atoms with Crippen LogP contribution in [0.4, 0.5) is 11.4 Å². The van der Waals surface area contributed by atoms with Gasteiger partial charge in [0.25, 0.3) is 17.7 Å². The van der Waals surface area contributed by atoms with Crippen molar-refractivity contribution in [3.05, 3.63) is 94.5 Å². The molecule has 0 aromatic heterocycles. The van der Waals surface area contributed by atoms with Gasteiger partial charge in [0.1, 0.15) is 0 Å². The molecule has 0 spiro atoms. The van der Waals surface area contributed by atoms with Crippen molar-refractivity contribution in [2.24, 2.45) is 0 Å². The molecule has 3 aromatic rings. The Morgan fingerprint density at radius 2 is 1.57 bits per heavy atom. The maximum Gasteiger partial charge on any atom is 0.335 e. The zero-order chi connectivity index (χ0) is 21.4. The van der Waals surface area contributed by atoms with Gasteiger partial charge >= 0.3 is 5.97 Å². The summed E-state index contributed by atoms with van der Waals surface area (Å²) in [6.45, 7) is 1.81. The second-order valence-corrected chi connectivity index (χ2v) is 6.83. The molecule has 1 heterocycles. The summed E-state index contributed by atoms with van der Waals surface area (Å²) < 4.78 is 0. The SMILES string of the molecule is Cc1ccccc1N1C(=O)c2ccc(C(=O)Nc3cccc(C(=O)O)c3)cc2C1=O. The number of benzene rings is 3. The van der Waals surface area contributed by atoms with Crippen molar-refractivity contribution < 1.29 is 24.3 Å². The molecule has 4 rings (SSSR count). The molecule has 1 aliphatic rings. The first kappa shape index (κ1) is 19.1. The smallest absolute Gasteiger partial charge is 0.335 e. The molecule has 0 unspecified atom stereocenters. The number of para-hydroxylation sites is 1. The Kier molecular flexibility index (Phi) is 4.63. The number of imide groups is 1. The first-order valence-electron chi connectivity index (χ1n) is 9.10. The minimum absolute atomic E-state index is 0.0383. The van der Waals surface area contributed by atoms with Crippen LogP contribution in [0.1, 0.15) is 47.0 Å². The van der Waals surface area contributed by atoms with Gasteiger partial charge in [-0.2, -0.15) is 0 Å². The van der Waals surface area contributed by atoms with Crippen molar-refractivity contribution in [1.29, 1.82) is 0 Å². The fourth-order valence-corrected chi connectivity index (χ4v) is 3.35. The van der Waals surface area contributed by atoms with Gasteiger partial charge in [-0.15, -0.1) is 0 Å². The minimum Gasteiger partial charge on any atom is -0.478 e. The van der Waals surface area contributed by atoms with Crippen LogP contribution in [-0.4, -0.2) is 28.8 Å². The number of rotatable bonds is 4. The van der Waals surface area contributed by atoms with E-state index >= 15 is 0 Å². The molecular weight excluding hydrogens is 384 g/mol. The molecule has 0 atom stereocenters. The fraction of sp³-hybridized carbons (Fsp3) is 0.0435. The molecule has 0 fully saturated rings. The van der Waals surface area contributed by atoms with Crippen molar-refractivity contribution in [2.45, 2.75) is 6.92 Å². The van der Waals surface area contributed by atoms with Crippen LogP contribution in [0.2, 0.25) is 0 Å². The van der Waals surface area contributed by atoms with Gasteiger partial charge in [0.15, 0.2) is 0 Å². The van der Waals surface area contributed by atoms with Crippen LogP contribution < -0.4 is 10.2 Å². The molecule has 3 aromatic carbocycles. The predicted molar refractivity (Wildman–Crippen MR) is 110 cm³/mol. The Balaban J connectivity index is 1.63. The molecule has 7 nitrogen and oxygen atoms in total. The number of carboxylic acid groups (broad SMARTS) is 1. The predicted octanol–water partition coefficient (Wildman–Crippen LogP) is 3.75. The van der Waals surface area contributed by atoms with Crippen LogP contribution in [0.15, 0.2) is 66.7 Å². The van der Waals surface area contributed by atoms with E-state index in [9.17, 15) is 19.2 Å².